The number of nitrogens with one attached hydrogen (secondary N) is 1. The first-order valence-electron chi connectivity index (χ1n) is 9.22. The molecule has 0 heterocycles. The summed E-state index contributed by atoms with van der Waals surface area (Å²) in [7, 11) is -4.08. The molecule has 0 atom stereocenters. The Labute approximate surface area is 196 Å². The molecule has 9 heteroatoms. The number of hydrogen-bond donors (Lipinski definition) is 1. The Balaban J connectivity index is 1.92. The average Bonchev–Trinajstić information content (AvgIpc) is 2.71. The molecule has 1 amide bonds. The molecule has 3 aromatic carbocycles. The van der Waals surface area contributed by atoms with Crippen molar-refractivity contribution in [3.8, 4) is 0 Å². The normalized spacial score (nSPS) is 11.5. The van der Waals surface area contributed by atoms with Crippen LogP contribution in [0, 0.1) is 6.92 Å². The van der Waals surface area contributed by atoms with Crippen LogP contribution in [-0.4, -0.2) is 25.2 Å². The van der Waals surface area contributed by atoms with Crippen molar-refractivity contribution in [1.82, 2.24) is 4.31 Å². The summed E-state index contributed by atoms with van der Waals surface area (Å²) < 4.78 is 27.8. The lowest BCUT2D eigenvalue weighted by atomic mass is 10.2. The van der Waals surface area contributed by atoms with Gasteiger partial charge in [-0.2, -0.15) is 4.31 Å². The first-order valence-corrected chi connectivity index (χ1v) is 11.8. The second-order valence-electron chi connectivity index (χ2n) is 6.86. The summed E-state index contributed by atoms with van der Waals surface area (Å²) in [5.41, 5.74) is 2.11. The van der Waals surface area contributed by atoms with E-state index in [1.807, 2.05) is 13.0 Å². The van der Waals surface area contributed by atoms with Gasteiger partial charge in [0.25, 0.3) is 0 Å². The van der Waals surface area contributed by atoms with Gasteiger partial charge in [-0.15, -0.1) is 0 Å². The van der Waals surface area contributed by atoms with E-state index in [1.54, 1.807) is 42.5 Å². The molecular weight excluding hydrogens is 479 g/mol. The number of rotatable bonds is 7. The van der Waals surface area contributed by atoms with Crippen molar-refractivity contribution in [2.45, 2.75) is 18.4 Å². The van der Waals surface area contributed by atoms with Gasteiger partial charge in [-0.25, -0.2) is 8.42 Å². The monoisotopic (exact) mass is 496 g/mol. The minimum Gasteiger partial charge on any atom is -0.325 e. The number of carbonyl (C=O) groups excluding carboxylic acids is 1. The average molecular weight is 498 g/mol. The first-order chi connectivity index (χ1) is 14.7. The maximum absolute atomic E-state index is 13.4. The SMILES string of the molecule is Cc1cccc(NC(=O)CN(Cc2ccccc2Cl)S(=O)(=O)c2ccc(Cl)c(Cl)c2)c1. The number of carbonyl (C=O) groups is 1. The zero-order chi connectivity index (χ0) is 22.6. The van der Waals surface area contributed by atoms with Gasteiger partial charge in [-0.05, 0) is 54.4 Å². The van der Waals surface area contributed by atoms with Gasteiger partial charge in [-0.3, -0.25) is 4.79 Å². The van der Waals surface area contributed by atoms with E-state index in [1.165, 1.54) is 18.2 Å². The standard InChI is InChI=1S/C22H19Cl3N2O3S/c1-15-5-4-7-17(11-15)26-22(28)14-27(13-16-6-2-3-8-19(16)23)31(29,30)18-9-10-20(24)21(25)12-18/h2-12H,13-14H2,1H3,(H,26,28). The molecule has 0 aliphatic carbocycles. The highest BCUT2D eigenvalue weighted by molar-refractivity contribution is 7.89. The molecule has 0 unspecified atom stereocenters. The summed E-state index contributed by atoms with van der Waals surface area (Å²) in [5, 5.41) is 3.46. The zero-order valence-corrected chi connectivity index (χ0v) is 19.6. The van der Waals surface area contributed by atoms with Gasteiger partial charge in [0.05, 0.1) is 21.5 Å². The second-order valence-corrected chi connectivity index (χ2v) is 10.0. The van der Waals surface area contributed by atoms with Crippen LogP contribution in [0.4, 0.5) is 5.69 Å². The molecule has 0 saturated heterocycles. The third-order valence-corrected chi connectivity index (χ3v) is 7.35. The zero-order valence-electron chi connectivity index (χ0n) is 16.5. The highest BCUT2D eigenvalue weighted by Gasteiger charge is 2.28. The topological polar surface area (TPSA) is 66.5 Å². The smallest absolute Gasteiger partial charge is 0.243 e. The molecule has 0 radical (unpaired) electrons. The van der Waals surface area contributed by atoms with Crippen molar-refractivity contribution in [2.75, 3.05) is 11.9 Å². The van der Waals surface area contributed by atoms with Crippen molar-refractivity contribution >= 4 is 56.4 Å². The minimum atomic E-state index is -4.08. The third kappa shape index (κ3) is 5.99. The Morgan fingerprint density at radius 2 is 1.65 bits per heavy atom. The predicted octanol–water partition coefficient (Wildman–Crippen LogP) is 5.78. The molecule has 0 aromatic heterocycles. The fourth-order valence-electron chi connectivity index (χ4n) is 2.91. The number of benzene rings is 3. The Hall–Kier alpha value is -2.09. The molecule has 1 N–H and O–H groups in total. The summed E-state index contributed by atoms with van der Waals surface area (Å²) in [6.45, 7) is 1.39. The number of aryl methyl sites for hydroxylation is 1. The van der Waals surface area contributed by atoms with Crippen LogP contribution in [-0.2, 0) is 21.4 Å². The Bertz CT molecular complexity index is 1220. The lowest BCUT2D eigenvalue weighted by Gasteiger charge is -2.23. The third-order valence-electron chi connectivity index (χ3n) is 4.46. The summed E-state index contributed by atoms with van der Waals surface area (Å²) in [6.07, 6.45) is 0. The van der Waals surface area contributed by atoms with Crippen LogP contribution in [0.2, 0.25) is 15.1 Å². The summed E-state index contributed by atoms with van der Waals surface area (Å²) in [6, 6.07) is 18.1. The Kier molecular flexibility index (Phi) is 7.62. The quantitative estimate of drug-likeness (QED) is 0.449. The lowest BCUT2D eigenvalue weighted by Crippen LogP contribution is -2.37. The fourth-order valence-corrected chi connectivity index (χ4v) is 4.87. The molecule has 0 bridgehead atoms. The minimum absolute atomic E-state index is 0.0719. The van der Waals surface area contributed by atoms with Gasteiger partial charge in [0.2, 0.25) is 15.9 Å². The Morgan fingerprint density at radius 3 is 2.32 bits per heavy atom. The van der Waals surface area contributed by atoms with E-state index in [9.17, 15) is 13.2 Å². The molecule has 5 nitrogen and oxygen atoms in total. The van der Waals surface area contributed by atoms with Crippen molar-refractivity contribution in [2.24, 2.45) is 0 Å². The largest absolute Gasteiger partial charge is 0.325 e. The van der Waals surface area contributed by atoms with Crippen LogP contribution in [0.5, 0.6) is 0 Å². The summed E-state index contributed by atoms with van der Waals surface area (Å²) >= 11 is 18.2. The highest BCUT2D eigenvalue weighted by atomic mass is 35.5. The van der Waals surface area contributed by atoms with Crippen molar-refractivity contribution in [3.63, 3.8) is 0 Å². The fraction of sp³-hybridized carbons (Fsp3) is 0.136. The summed E-state index contributed by atoms with van der Waals surface area (Å²) in [5.74, 6) is -0.485. The van der Waals surface area contributed by atoms with Crippen LogP contribution in [0.15, 0.2) is 71.6 Å². The van der Waals surface area contributed by atoms with Gasteiger partial charge >= 0.3 is 0 Å². The number of halogens is 3. The summed E-state index contributed by atoms with van der Waals surface area (Å²) in [4.78, 5) is 12.6. The van der Waals surface area contributed by atoms with E-state index in [-0.39, 0.29) is 21.5 Å². The van der Waals surface area contributed by atoms with Crippen LogP contribution >= 0.6 is 34.8 Å². The predicted molar refractivity (Wildman–Crippen MR) is 125 cm³/mol. The van der Waals surface area contributed by atoms with Gasteiger partial charge in [0, 0.05) is 17.3 Å². The van der Waals surface area contributed by atoms with Gasteiger partial charge in [0.15, 0.2) is 0 Å². The highest BCUT2D eigenvalue weighted by Crippen LogP contribution is 2.28. The van der Waals surface area contributed by atoms with Crippen molar-refractivity contribution in [3.05, 3.63) is 92.9 Å². The second kappa shape index (κ2) is 10.0. The number of nitrogens with zero attached hydrogens (tertiary/aromatic N) is 1. The molecule has 3 aromatic rings. The molecular formula is C22H19Cl3N2O3S. The van der Waals surface area contributed by atoms with Crippen LogP contribution in [0.3, 0.4) is 0 Å². The molecule has 0 aliphatic heterocycles. The van der Waals surface area contributed by atoms with Crippen LogP contribution < -0.4 is 5.32 Å². The van der Waals surface area contributed by atoms with Crippen molar-refractivity contribution in [1.29, 1.82) is 0 Å². The van der Waals surface area contributed by atoms with Crippen LogP contribution in [0.25, 0.3) is 0 Å². The van der Waals surface area contributed by atoms with Crippen LogP contribution in [0.1, 0.15) is 11.1 Å². The van der Waals surface area contributed by atoms with E-state index in [2.05, 4.69) is 5.32 Å². The number of amides is 1. The lowest BCUT2D eigenvalue weighted by molar-refractivity contribution is -0.116. The van der Waals surface area contributed by atoms with E-state index < -0.39 is 22.5 Å². The molecule has 162 valence electrons. The molecule has 0 saturated carbocycles. The van der Waals surface area contributed by atoms with E-state index >= 15 is 0 Å². The number of sulfonamides is 1. The van der Waals surface area contributed by atoms with E-state index in [4.69, 9.17) is 34.8 Å². The first kappa shape index (κ1) is 23.6. The molecule has 0 aliphatic rings. The van der Waals surface area contributed by atoms with Crippen molar-refractivity contribution < 1.29 is 13.2 Å². The molecule has 0 fully saturated rings. The maximum atomic E-state index is 13.4. The van der Waals surface area contributed by atoms with Gasteiger partial charge < -0.3 is 5.32 Å². The molecule has 31 heavy (non-hydrogen) atoms. The van der Waals surface area contributed by atoms with Gasteiger partial charge in [-0.1, -0.05) is 65.1 Å². The Morgan fingerprint density at radius 1 is 0.903 bits per heavy atom. The maximum Gasteiger partial charge on any atom is 0.243 e. The number of anilines is 1. The molecule has 0 spiro atoms. The number of hydrogen-bond acceptors (Lipinski definition) is 3. The molecule has 3 rings (SSSR count). The van der Waals surface area contributed by atoms with Gasteiger partial charge in [0.1, 0.15) is 0 Å². The van der Waals surface area contributed by atoms with E-state index in [0.717, 1.165) is 9.87 Å². The van der Waals surface area contributed by atoms with E-state index in [0.29, 0.717) is 16.3 Å².